The zero-order valence-corrected chi connectivity index (χ0v) is 11.0. The second kappa shape index (κ2) is 7.31. The van der Waals surface area contributed by atoms with Gasteiger partial charge in [0, 0.05) is 23.9 Å². The van der Waals surface area contributed by atoms with Crippen LogP contribution < -0.4 is 5.32 Å². The molecule has 0 spiro atoms. The number of benzene rings is 1. The predicted molar refractivity (Wildman–Crippen MR) is 70.4 cm³/mol. The van der Waals surface area contributed by atoms with Gasteiger partial charge in [-0.25, -0.2) is 4.39 Å². The quantitative estimate of drug-likeness (QED) is 0.845. The molecule has 0 saturated heterocycles. The molecule has 0 bridgehead atoms. The molecule has 17 heavy (non-hydrogen) atoms. The van der Waals surface area contributed by atoms with Gasteiger partial charge in [0.1, 0.15) is 5.82 Å². The van der Waals surface area contributed by atoms with Crippen molar-refractivity contribution in [2.24, 2.45) is 0 Å². The molecule has 0 radical (unpaired) electrons. The molecule has 0 fully saturated rings. The Hall–Kier alpha value is -1.05. The van der Waals surface area contributed by atoms with Gasteiger partial charge < -0.3 is 5.32 Å². The number of nitriles is 1. The van der Waals surface area contributed by atoms with Crippen molar-refractivity contribution in [3.8, 4) is 6.07 Å². The molecule has 0 heterocycles. The highest BCUT2D eigenvalue weighted by Crippen LogP contribution is 2.11. The van der Waals surface area contributed by atoms with Crippen LogP contribution in [0.4, 0.5) is 4.39 Å². The average Bonchev–Trinajstić information content (AvgIpc) is 2.36. The molecule has 1 rings (SSSR count). The van der Waals surface area contributed by atoms with Crippen molar-refractivity contribution in [1.29, 1.82) is 5.26 Å². The van der Waals surface area contributed by atoms with Crippen LogP contribution in [-0.2, 0) is 6.54 Å². The van der Waals surface area contributed by atoms with Gasteiger partial charge in [0.25, 0.3) is 0 Å². The zero-order chi connectivity index (χ0) is 12.7. The van der Waals surface area contributed by atoms with Crippen LogP contribution in [0.1, 0.15) is 24.5 Å². The van der Waals surface area contributed by atoms with E-state index in [2.05, 4.69) is 18.5 Å². The Bertz CT molecular complexity index is 401. The predicted octanol–water partition coefficient (Wildman–Crippen LogP) is 2.93. The summed E-state index contributed by atoms with van der Waals surface area (Å²) in [7, 11) is 0. The van der Waals surface area contributed by atoms with Crippen molar-refractivity contribution in [1.82, 2.24) is 5.32 Å². The number of halogens is 1. The van der Waals surface area contributed by atoms with E-state index in [0.29, 0.717) is 23.7 Å². The molecule has 4 heteroatoms. The van der Waals surface area contributed by atoms with Crippen LogP contribution in [-0.4, -0.2) is 18.1 Å². The fourth-order valence-electron chi connectivity index (χ4n) is 1.56. The first-order valence-electron chi connectivity index (χ1n) is 5.62. The third kappa shape index (κ3) is 4.37. The van der Waals surface area contributed by atoms with Crippen LogP contribution in [0.5, 0.6) is 0 Å². The molecule has 0 saturated carbocycles. The summed E-state index contributed by atoms with van der Waals surface area (Å²) >= 11 is 1.77. The number of nitrogens with zero attached hydrogens (tertiary/aromatic N) is 1. The van der Waals surface area contributed by atoms with E-state index in [9.17, 15) is 4.39 Å². The number of hydrogen-bond acceptors (Lipinski definition) is 3. The topological polar surface area (TPSA) is 35.8 Å². The highest BCUT2D eigenvalue weighted by molar-refractivity contribution is 7.98. The first-order valence-corrected chi connectivity index (χ1v) is 7.01. The minimum atomic E-state index is -0.254. The van der Waals surface area contributed by atoms with Crippen molar-refractivity contribution in [2.75, 3.05) is 12.0 Å². The van der Waals surface area contributed by atoms with Crippen molar-refractivity contribution < 1.29 is 4.39 Å². The minimum Gasteiger partial charge on any atom is -0.309 e. The lowest BCUT2D eigenvalue weighted by Crippen LogP contribution is -2.30. The van der Waals surface area contributed by atoms with E-state index < -0.39 is 0 Å². The van der Waals surface area contributed by atoms with E-state index in [1.54, 1.807) is 17.8 Å². The highest BCUT2D eigenvalue weighted by Gasteiger charge is 2.07. The third-order valence-electron chi connectivity index (χ3n) is 2.62. The summed E-state index contributed by atoms with van der Waals surface area (Å²) < 4.78 is 13.5. The molecule has 2 nitrogen and oxygen atoms in total. The van der Waals surface area contributed by atoms with Gasteiger partial charge in [-0.3, -0.25) is 0 Å². The number of rotatable bonds is 6. The van der Waals surface area contributed by atoms with E-state index in [1.165, 1.54) is 12.1 Å². The number of hydrogen-bond donors (Lipinski definition) is 1. The summed E-state index contributed by atoms with van der Waals surface area (Å²) in [6.45, 7) is 2.58. The monoisotopic (exact) mass is 252 g/mol. The highest BCUT2D eigenvalue weighted by atomic mass is 32.2. The molecule has 1 aromatic carbocycles. The number of nitrogens with one attached hydrogen (secondary N) is 1. The van der Waals surface area contributed by atoms with Gasteiger partial charge in [0.2, 0.25) is 0 Å². The molecule has 0 aliphatic rings. The van der Waals surface area contributed by atoms with Gasteiger partial charge in [-0.15, -0.1) is 0 Å². The number of thioether (sulfide) groups is 1. The van der Waals surface area contributed by atoms with E-state index in [0.717, 1.165) is 12.2 Å². The van der Waals surface area contributed by atoms with Crippen LogP contribution in [0.3, 0.4) is 0 Å². The SMILES string of the molecule is CCC(CSC)NCc1cc(C#N)ccc1F. The molecule has 0 aliphatic heterocycles. The Kier molecular flexibility index (Phi) is 6.03. The molecule has 0 amide bonds. The average molecular weight is 252 g/mol. The second-order valence-corrected chi connectivity index (χ2v) is 4.77. The van der Waals surface area contributed by atoms with Crippen molar-refractivity contribution in [3.05, 3.63) is 35.1 Å². The lowest BCUT2D eigenvalue weighted by Gasteiger charge is -2.16. The Morgan fingerprint density at radius 3 is 2.88 bits per heavy atom. The fraction of sp³-hybridized carbons (Fsp3) is 0.462. The Labute approximate surface area is 106 Å². The lowest BCUT2D eigenvalue weighted by molar-refractivity contribution is 0.522. The van der Waals surface area contributed by atoms with Gasteiger partial charge in [-0.05, 0) is 30.9 Å². The van der Waals surface area contributed by atoms with Gasteiger partial charge in [-0.1, -0.05) is 6.92 Å². The molecule has 1 N–H and O–H groups in total. The smallest absolute Gasteiger partial charge is 0.127 e. The molecule has 92 valence electrons. The molecule has 0 aliphatic carbocycles. The lowest BCUT2D eigenvalue weighted by atomic mass is 10.1. The van der Waals surface area contributed by atoms with Gasteiger partial charge >= 0.3 is 0 Å². The Morgan fingerprint density at radius 1 is 1.53 bits per heavy atom. The van der Waals surface area contributed by atoms with Gasteiger partial charge in [0.15, 0.2) is 0 Å². The standard InChI is InChI=1S/C13H17FN2S/c1-3-12(9-17-2)16-8-11-6-10(7-15)4-5-13(11)14/h4-6,12,16H,3,8-9H2,1-2H3. The maximum Gasteiger partial charge on any atom is 0.127 e. The van der Waals surface area contributed by atoms with E-state index in [4.69, 9.17) is 5.26 Å². The Balaban J connectivity index is 2.65. The molecular formula is C13H17FN2S. The van der Waals surface area contributed by atoms with Crippen LogP contribution in [0.15, 0.2) is 18.2 Å². The summed E-state index contributed by atoms with van der Waals surface area (Å²) in [6, 6.07) is 6.86. The Morgan fingerprint density at radius 2 is 2.29 bits per heavy atom. The molecule has 1 atom stereocenters. The van der Waals surface area contributed by atoms with Crippen LogP contribution in [0.25, 0.3) is 0 Å². The van der Waals surface area contributed by atoms with E-state index >= 15 is 0 Å². The van der Waals surface area contributed by atoms with Crippen molar-refractivity contribution in [2.45, 2.75) is 25.9 Å². The summed E-state index contributed by atoms with van der Waals surface area (Å²) in [4.78, 5) is 0. The van der Waals surface area contributed by atoms with Crippen LogP contribution >= 0.6 is 11.8 Å². The van der Waals surface area contributed by atoms with Crippen molar-refractivity contribution in [3.63, 3.8) is 0 Å². The van der Waals surface area contributed by atoms with E-state index in [1.807, 2.05) is 6.07 Å². The van der Waals surface area contributed by atoms with Gasteiger partial charge in [0.05, 0.1) is 11.6 Å². The molecular weight excluding hydrogens is 235 g/mol. The second-order valence-electron chi connectivity index (χ2n) is 3.86. The summed E-state index contributed by atoms with van der Waals surface area (Å²) in [5.41, 5.74) is 1.06. The first kappa shape index (κ1) is 14.0. The molecule has 0 aromatic heterocycles. The molecule has 1 aromatic rings. The van der Waals surface area contributed by atoms with Gasteiger partial charge in [-0.2, -0.15) is 17.0 Å². The maximum absolute atomic E-state index is 13.5. The van der Waals surface area contributed by atoms with Crippen molar-refractivity contribution >= 4 is 11.8 Å². The largest absolute Gasteiger partial charge is 0.309 e. The fourth-order valence-corrected chi connectivity index (χ4v) is 2.31. The molecule has 1 unspecified atom stereocenters. The normalized spacial score (nSPS) is 12.1. The summed E-state index contributed by atoms with van der Waals surface area (Å²) in [5.74, 6) is 0.756. The van der Waals surface area contributed by atoms with Crippen LogP contribution in [0, 0.1) is 17.1 Å². The van der Waals surface area contributed by atoms with Crippen LogP contribution in [0.2, 0.25) is 0 Å². The third-order valence-corrected chi connectivity index (χ3v) is 3.35. The summed E-state index contributed by atoms with van der Waals surface area (Å²) in [6.07, 6.45) is 3.07. The first-order chi connectivity index (χ1) is 8.21. The minimum absolute atomic E-state index is 0.254. The van der Waals surface area contributed by atoms with E-state index in [-0.39, 0.29) is 5.82 Å². The summed E-state index contributed by atoms with van der Waals surface area (Å²) in [5, 5.41) is 12.1. The zero-order valence-electron chi connectivity index (χ0n) is 10.2. The maximum atomic E-state index is 13.5.